The van der Waals surface area contributed by atoms with Gasteiger partial charge in [-0.25, -0.2) is 13.0 Å². The first-order chi connectivity index (χ1) is 10.5. The molecule has 7 nitrogen and oxygen atoms in total. The van der Waals surface area contributed by atoms with E-state index < -0.39 is 10.0 Å². The Balaban J connectivity index is 1.84. The Kier molecular flexibility index (Phi) is 4.16. The van der Waals surface area contributed by atoms with Gasteiger partial charge >= 0.3 is 0 Å². The lowest BCUT2D eigenvalue weighted by Crippen LogP contribution is -2.31. The first-order valence-corrected chi connectivity index (χ1v) is 8.86. The van der Waals surface area contributed by atoms with Crippen LogP contribution in [0.3, 0.4) is 0 Å². The minimum Gasteiger partial charge on any atom is -0.306 e. The Morgan fingerprint density at radius 2 is 2.23 bits per heavy atom. The van der Waals surface area contributed by atoms with Crippen molar-refractivity contribution < 1.29 is 13.0 Å². The van der Waals surface area contributed by atoms with Gasteiger partial charge in [-0.3, -0.25) is 0 Å². The summed E-state index contributed by atoms with van der Waals surface area (Å²) in [6.45, 7) is 5.08. The molecule has 1 fully saturated rings. The van der Waals surface area contributed by atoms with Crippen LogP contribution in [0.5, 0.6) is 0 Å². The summed E-state index contributed by atoms with van der Waals surface area (Å²) in [4.78, 5) is 2.39. The summed E-state index contributed by atoms with van der Waals surface area (Å²) in [6.07, 6.45) is 0.886. The molecule has 2 aromatic rings. The highest BCUT2D eigenvalue weighted by Crippen LogP contribution is 2.28. The van der Waals surface area contributed by atoms with Gasteiger partial charge in [0.05, 0.1) is 0 Å². The second-order valence-corrected chi connectivity index (χ2v) is 7.67. The molecule has 2 heterocycles. The fraction of sp³-hybridized carbons (Fsp3) is 0.571. The van der Waals surface area contributed by atoms with E-state index in [9.17, 15) is 8.42 Å². The van der Waals surface area contributed by atoms with Crippen LogP contribution in [0.4, 0.5) is 0 Å². The van der Waals surface area contributed by atoms with Crippen molar-refractivity contribution >= 4 is 21.1 Å². The van der Waals surface area contributed by atoms with Crippen molar-refractivity contribution in [3.05, 3.63) is 18.2 Å². The van der Waals surface area contributed by atoms with Gasteiger partial charge in [-0.2, -0.15) is 4.31 Å². The lowest BCUT2D eigenvalue weighted by Gasteiger charge is -2.20. The van der Waals surface area contributed by atoms with E-state index in [-0.39, 0.29) is 4.90 Å². The van der Waals surface area contributed by atoms with E-state index in [1.165, 1.54) is 0 Å². The summed E-state index contributed by atoms with van der Waals surface area (Å²) in [5.41, 5.74) is 0.763. The van der Waals surface area contributed by atoms with Gasteiger partial charge in [-0.1, -0.05) is 13.0 Å². The van der Waals surface area contributed by atoms with Crippen LogP contribution in [0, 0.1) is 5.92 Å². The van der Waals surface area contributed by atoms with Gasteiger partial charge in [0.1, 0.15) is 10.4 Å². The van der Waals surface area contributed by atoms with Crippen LogP contribution in [-0.2, 0) is 10.0 Å². The third-order valence-corrected chi connectivity index (χ3v) is 6.12. The molecule has 3 rings (SSSR count). The highest BCUT2D eigenvalue weighted by molar-refractivity contribution is 7.89. The fourth-order valence-corrected chi connectivity index (χ4v) is 4.53. The maximum absolute atomic E-state index is 12.9. The van der Waals surface area contributed by atoms with Crippen LogP contribution in [0.2, 0.25) is 0 Å². The molecule has 0 saturated carbocycles. The van der Waals surface area contributed by atoms with E-state index in [4.69, 9.17) is 0 Å². The number of benzene rings is 1. The van der Waals surface area contributed by atoms with Gasteiger partial charge < -0.3 is 4.90 Å². The molecule has 1 aliphatic rings. The molecule has 1 aliphatic heterocycles. The third-order valence-electron chi connectivity index (χ3n) is 4.23. The van der Waals surface area contributed by atoms with Crippen molar-refractivity contribution in [2.75, 3.05) is 33.2 Å². The van der Waals surface area contributed by atoms with Crippen LogP contribution < -0.4 is 0 Å². The minimum absolute atomic E-state index is 0.177. The predicted octanol–water partition coefficient (Wildman–Crippen LogP) is 1.19. The average molecular weight is 324 g/mol. The molecule has 1 aromatic heterocycles. The second kappa shape index (κ2) is 5.94. The van der Waals surface area contributed by atoms with E-state index in [2.05, 4.69) is 33.8 Å². The van der Waals surface area contributed by atoms with E-state index in [0.29, 0.717) is 30.0 Å². The summed E-state index contributed by atoms with van der Waals surface area (Å²) >= 11 is 0. The summed E-state index contributed by atoms with van der Waals surface area (Å²) in [6, 6.07) is 4.92. The lowest BCUT2D eigenvalue weighted by molar-refractivity contribution is 0.293. The van der Waals surface area contributed by atoms with Crippen LogP contribution in [0.25, 0.3) is 11.0 Å². The Morgan fingerprint density at radius 3 is 3.00 bits per heavy atom. The predicted molar refractivity (Wildman–Crippen MR) is 81.8 cm³/mol. The first-order valence-electron chi connectivity index (χ1n) is 7.42. The first kappa shape index (κ1) is 15.4. The smallest absolute Gasteiger partial charge is 0.245 e. The van der Waals surface area contributed by atoms with Crippen LogP contribution in [-0.4, -0.2) is 61.2 Å². The van der Waals surface area contributed by atoms with E-state index >= 15 is 0 Å². The van der Waals surface area contributed by atoms with Gasteiger partial charge in [0, 0.05) is 19.6 Å². The molecule has 8 heteroatoms. The van der Waals surface area contributed by atoms with Crippen molar-refractivity contribution in [2.24, 2.45) is 5.92 Å². The lowest BCUT2D eigenvalue weighted by atomic mass is 10.1. The third kappa shape index (κ3) is 2.73. The molecule has 1 aromatic carbocycles. The normalized spacial score (nSPS) is 20.2. The highest BCUT2D eigenvalue weighted by Gasteiger charge is 2.34. The number of nitrogens with zero attached hydrogens (tertiary/aromatic N) is 4. The van der Waals surface area contributed by atoms with E-state index in [1.807, 2.05) is 0 Å². The Labute approximate surface area is 129 Å². The Morgan fingerprint density at radius 1 is 1.41 bits per heavy atom. The number of hydrogen-bond donors (Lipinski definition) is 0. The maximum Gasteiger partial charge on any atom is 0.245 e. The van der Waals surface area contributed by atoms with Crippen LogP contribution in [0.1, 0.15) is 13.3 Å². The largest absolute Gasteiger partial charge is 0.306 e. The molecule has 1 atom stereocenters. The van der Waals surface area contributed by atoms with Gasteiger partial charge in [-0.05, 0) is 48.4 Å². The number of aromatic nitrogens is 2. The maximum atomic E-state index is 12.9. The monoisotopic (exact) mass is 324 g/mol. The molecular weight excluding hydrogens is 304 g/mol. The van der Waals surface area contributed by atoms with Gasteiger partial charge in [0.2, 0.25) is 10.0 Å². The molecule has 0 bridgehead atoms. The fourth-order valence-electron chi connectivity index (χ4n) is 2.86. The zero-order chi connectivity index (χ0) is 15.7. The number of rotatable bonds is 5. The number of hydrogen-bond acceptors (Lipinski definition) is 6. The van der Waals surface area contributed by atoms with Crippen LogP contribution >= 0.6 is 0 Å². The van der Waals surface area contributed by atoms with Gasteiger partial charge in [-0.15, -0.1) is 0 Å². The molecule has 1 saturated heterocycles. The van der Waals surface area contributed by atoms with Crippen molar-refractivity contribution in [1.29, 1.82) is 0 Å². The van der Waals surface area contributed by atoms with Crippen molar-refractivity contribution in [2.45, 2.75) is 18.2 Å². The van der Waals surface area contributed by atoms with E-state index in [0.717, 1.165) is 19.5 Å². The zero-order valence-electron chi connectivity index (χ0n) is 12.8. The van der Waals surface area contributed by atoms with Crippen molar-refractivity contribution in [1.82, 2.24) is 19.5 Å². The molecule has 120 valence electrons. The number of fused-ring (bicyclic) bond motifs is 1. The molecule has 0 radical (unpaired) electrons. The van der Waals surface area contributed by atoms with Crippen molar-refractivity contribution in [3.8, 4) is 0 Å². The molecule has 22 heavy (non-hydrogen) atoms. The second-order valence-electron chi connectivity index (χ2n) is 5.76. The van der Waals surface area contributed by atoms with Gasteiger partial charge in [0.25, 0.3) is 0 Å². The molecule has 0 amide bonds. The standard InChI is InChI=1S/C14H20N4O3S/c1-3-17(2)9-11-7-8-18(10-11)22(19,20)13-6-4-5-12-14(13)16-21-15-12/h4-6,11H,3,7-10H2,1-2H3. The topological polar surface area (TPSA) is 79.5 Å². The highest BCUT2D eigenvalue weighted by atomic mass is 32.2. The minimum atomic E-state index is -3.56. The Hall–Kier alpha value is -1.51. The molecule has 0 aliphatic carbocycles. The van der Waals surface area contributed by atoms with Crippen LogP contribution in [0.15, 0.2) is 27.7 Å². The average Bonchev–Trinajstić information content (AvgIpc) is 3.15. The van der Waals surface area contributed by atoms with Crippen molar-refractivity contribution in [3.63, 3.8) is 0 Å². The summed E-state index contributed by atoms with van der Waals surface area (Å²) < 4.78 is 31.9. The SMILES string of the molecule is CCN(C)CC1CCN(S(=O)(=O)c2cccc3nonc23)C1. The Bertz CT molecular complexity index is 758. The summed E-state index contributed by atoms with van der Waals surface area (Å²) in [5.74, 6) is 0.370. The molecular formula is C14H20N4O3S. The quantitative estimate of drug-likeness (QED) is 0.822. The van der Waals surface area contributed by atoms with E-state index in [1.54, 1.807) is 22.5 Å². The summed E-state index contributed by atoms with van der Waals surface area (Å²) in [5, 5.41) is 7.45. The molecule has 0 N–H and O–H groups in total. The van der Waals surface area contributed by atoms with Gasteiger partial charge in [0.15, 0.2) is 5.52 Å². The number of sulfonamides is 1. The molecule has 0 spiro atoms. The zero-order valence-corrected chi connectivity index (χ0v) is 13.6. The molecule has 1 unspecified atom stereocenters. The summed E-state index contributed by atoms with van der Waals surface area (Å²) in [7, 11) is -1.50.